The van der Waals surface area contributed by atoms with Crippen LogP contribution in [0.2, 0.25) is 0 Å². The summed E-state index contributed by atoms with van der Waals surface area (Å²) in [4.78, 5) is 12.3. The molecule has 3 nitrogen and oxygen atoms in total. The second-order valence-electron chi connectivity index (χ2n) is 7.41. The fourth-order valence-electron chi connectivity index (χ4n) is 3.11. The van der Waals surface area contributed by atoms with Gasteiger partial charge in [-0.25, -0.2) is 4.79 Å². The summed E-state index contributed by atoms with van der Waals surface area (Å²) in [5.41, 5.74) is 3.42. The minimum Gasteiger partial charge on any atom is -0.506 e. The van der Waals surface area contributed by atoms with Gasteiger partial charge in [0.25, 0.3) is 0 Å². The van der Waals surface area contributed by atoms with Crippen LogP contribution in [0.25, 0.3) is 21.9 Å². The number of aromatic hydroxyl groups is 1. The van der Waals surface area contributed by atoms with Crippen LogP contribution in [0, 0.1) is 0 Å². The van der Waals surface area contributed by atoms with Crippen molar-refractivity contribution in [1.29, 1.82) is 0 Å². The Bertz CT molecular complexity index is 948. The molecule has 3 aromatic rings. The van der Waals surface area contributed by atoms with Crippen LogP contribution in [0.3, 0.4) is 0 Å². The minimum atomic E-state index is -0.511. The first-order valence-corrected chi connectivity index (χ1v) is 8.85. The topological polar surface area (TPSA) is 46.5 Å². The first-order valence-electron chi connectivity index (χ1n) is 8.85. The number of ether oxygens (including phenoxy) is 1. The van der Waals surface area contributed by atoms with E-state index in [1.807, 2.05) is 24.3 Å². The molecule has 0 aliphatic carbocycles. The zero-order valence-electron chi connectivity index (χ0n) is 15.7. The molecule has 3 heteroatoms. The molecule has 0 aromatic heterocycles. The molecule has 3 rings (SSSR count). The molecular weight excluding hydrogens is 324 g/mol. The third-order valence-electron chi connectivity index (χ3n) is 4.57. The lowest BCUT2D eigenvalue weighted by atomic mass is 9.85. The Labute approximate surface area is 154 Å². The van der Waals surface area contributed by atoms with Gasteiger partial charge in [-0.15, -0.1) is 0 Å². The number of hydrogen-bond donors (Lipinski definition) is 1. The summed E-state index contributed by atoms with van der Waals surface area (Å²) in [7, 11) is 0. The van der Waals surface area contributed by atoms with Gasteiger partial charge in [-0.1, -0.05) is 69.3 Å². The van der Waals surface area contributed by atoms with Gasteiger partial charge < -0.3 is 9.84 Å². The molecule has 0 saturated heterocycles. The van der Waals surface area contributed by atoms with Crippen LogP contribution in [0.5, 0.6) is 5.75 Å². The summed E-state index contributed by atoms with van der Waals surface area (Å²) < 4.78 is 5.11. The number of carbonyl (C=O) groups excluding carboxylic acids is 1. The number of fused-ring (bicyclic) bond motifs is 1. The highest BCUT2D eigenvalue weighted by molar-refractivity contribution is 6.07. The van der Waals surface area contributed by atoms with Gasteiger partial charge in [-0.05, 0) is 40.5 Å². The van der Waals surface area contributed by atoms with Crippen LogP contribution in [-0.2, 0) is 10.2 Å². The second kappa shape index (κ2) is 6.83. The largest absolute Gasteiger partial charge is 0.506 e. The second-order valence-corrected chi connectivity index (χ2v) is 7.41. The van der Waals surface area contributed by atoms with Crippen molar-refractivity contribution >= 4 is 16.7 Å². The first-order chi connectivity index (χ1) is 12.3. The van der Waals surface area contributed by atoms with E-state index < -0.39 is 5.97 Å². The van der Waals surface area contributed by atoms with E-state index in [0.29, 0.717) is 5.39 Å². The Morgan fingerprint density at radius 2 is 1.62 bits per heavy atom. The fourth-order valence-corrected chi connectivity index (χ4v) is 3.11. The van der Waals surface area contributed by atoms with Crippen LogP contribution in [-0.4, -0.2) is 17.7 Å². The van der Waals surface area contributed by atoms with Crippen LogP contribution in [0.15, 0.2) is 54.6 Å². The van der Waals surface area contributed by atoms with Gasteiger partial charge >= 0.3 is 5.97 Å². The van der Waals surface area contributed by atoms with E-state index in [0.717, 1.165) is 16.5 Å². The SMILES string of the molecule is CCOC(=O)c1cc(-c2ccc(C(C)(C)C)cc2)c2ccccc2c1O. The maximum Gasteiger partial charge on any atom is 0.341 e. The lowest BCUT2D eigenvalue weighted by Gasteiger charge is -2.19. The van der Waals surface area contributed by atoms with E-state index in [-0.39, 0.29) is 23.3 Å². The normalized spacial score (nSPS) is 11.5. The van der Waals surface area contributed by atoms with Crippen LogP contribution in [0.1, 0.15) is 43.6 Å². The Morgan fingerprint density at radius 3 is 2.19 bits per heavy atom. The maximum atomic E-state index is 12.3. The number of benzene rings is 3. The van der Waals surface area contributed by atoms with Gasteiger partial charge in [0.1, 0.15) is 11.3 Å². The standard InChI is InChI=1S/C23H24O3/c1-5-26-22(25)20-14-19(17-8-6-7-9-18(17)21(20)24)15-10-12-16(13-11-15)23(2,3)4/h6-14,24H,5H2,1-4H3. The highest BCUT2D eigenvalue weighted by Crippen LogP contribution is 2.38. The number of rotatable bonds is 3. The summed E-state index contributed by atoms with van der Waals surface area (Å²) >= 11 is 0. The van der Waals surface area contributed by atoms with Crippen molar-refractivity contribution in [1.82, 2.24) is 0 Å². The molecule has 0 bridgehead atoms. The summed E-state index contributed by atoms with van der Waals surface area (Å²) in [6, 6.07) is 17.6. The Kier molecular flexibility index (Phi) is 4.73. The summed E-state index contributed by atoms with van der Waals surface area (Å²) in [6.45, 7) is 8.55. The van der Waals surface area contributed by atoms with Crippen molar-refractivity contribution in [2.24, 2.45) is 0 Å². The molecule has 26 heavy (non-hydrogen) atoms. The number of hydrogen-bond acceptors (Lipinski definition) is 3. The quantitative estimate of drug-likeness (QED) is 0.619. The predicted octanol–water partition coefficient (Wildman–Crippen LogP) is 5.69. The summed E-state index contributed by atoms with van der Waals surface area (Å²) in [5.74, 6) is -0.544. The number of phenols is 1. The van der Waals surface area contributed by atoms with E-state index in [2.05, 4.69) is 45.0 Å². The van der Waals surface area contributed by atoms with Gasteiger partial charge in [0.2, 0.25) is 0 Å². The zero-order chi connectivity index (χ0) is 18.9. The van der Waals surface area contributed by atoms with Crippen molar-refractivity contribution in [2.75, 3.05) is 6.61 Å². The van der Waals surface area contributed by atoms with Crippen LogP contribution < -0.4 is 0 Å². The van der Waals surface area contributed by atoms with Gasteiger partial charge in [0.05, 0.1) is 6.61 Å². The monoisotopic (exact) mass is 348 g/mol. The number of carbonyl (C=O) groups is 1. The van der Waals surface area contributed by atoms with Crippen molar-refractivity contribution in [2.45, 2.75) is 33.1 Å². The van der Waals surface area contributed by atoms with Gasteiger partial charge in [-0.3, -0.25) is 0 Å². The number of esters is 1. The Balaban J connectivity index is 2.21. The molecular formula is C23H24O3. The molecule has 0 saturated carbocycles. The van der Waals surface area contributed by atoms with E-state index in [9.17, 15) is 9.90 Å². The van der Waals surface area contributed by atoms with Crippen molar-refractivity contribution in [3.05, 3.63) is 65.7 Å². The number of phenolic OH excluding ortho intramolecular Hbond substituents is 1. The maximum absolute atomic E-state index is 12.3. The predicted molar refractivity (Wildman–Crippen MR) is 106 cm³/mol. The lowest BCUT2D eigenvalue weighted by Crippen LogP contribution is -2.10. The minimum absolute atomic E-state index is 0.0332. The van der Waals surface area contributed by atoms with Crippen LogP contribution >= 0.6 is 0 Å². The third-order valence-corrected chi connectivity index (χ3v) is 4.57. The van der Waals surface area contributed by atoms with Crippen molar-refractivity contribution < 1.29 is 14.6 Å². The first kappa shape index (κ1) is 18.0. The molecule has 0 aliphatic rings. The molecule has 1 N–H and O–H groups in total. The van der Waals surface area contributed by atoms with Crippen molar-refractivity contribution in [3.8, 4) is 16.9 Å². The molecule has 0 aliphatic heterocycles. The fraction of sp³-hybridized carbons (Fsp3) is 0.261. The lowest BCUT2D eigenvalue weighted by molar-refractivity contribution is 0.0523. The van der Waals surface area contributed by atoms with E-state index in [1.165, 1.54) is 5.56 Å². The molecule has 3 aromatic carbocycles. The molecule has 0 spiro atoms. The molecule has 0 amide bonds. The average molecular weight is 348 g/mol. The molecule has 134 valence electrons. The van der Waals surface area contributed by atoms with Crippen molar-refractivity contribution in [3.63, 3.8) is 0 Å². The average Bonchev–Trinajstić information content (AvgIpc) is 2.62. The van der Waals surface area contributed by atoms with Gasteiger partial charge in [0, 0.05) is 5.39 Å². The van der Waals surface area contributed by atoms with Gasteiger partial charge in [0.15, 0.2) is 0 Å². The molecule has 0 radical (unpaired) electrons. The highest BCUT2D eigenvalue weighted by Gasteiger charge is 2.19. The summed E-state index contributed by atoms with van der Waals surface area (Å²) in [5, 5.41) is 12.1. The molecule has 0 heterocycles. The Hall–Kier alpha value is -2.81. The van der Waals surface area contributed by atoms with Crippen LogP contribution in [0.4, 0.5) is 0 Å². The van der Waals surface area contributed by atoms with Gasteiger partial charge in [-0.2, -0.15) is 0 Å². The zero-order valence-corrected chi connectivity index (χ0v) is 15.7. The third kappa shape index (κ3) is 3.30. The highest BCUT2D eigenvalue weighted by atomic mass is 16.5. The van der Waals surface area contributed by atoms with E-state index in [4.69, 9.17) is 4.74 Å². The molecule has 0 atom stereocenters. The summed E-state index contributed by atoms with van der Waals surface area (Å²) in [6.07, 6.45) is 0. The van der Waals surface area contributed by atoms with E-state index in [1.54, 1.807) is 13.0 Å². The van der Waals surface area contributed by atoms with E-state index >= 15 is 0 Å². The smallest absolute Gasteiger partial charge is 0.341 e. The molecule has 0 fully saturated rings. The molecule has 0 unspecified atom stereocenters. The Morgan fingerprint density at radius 1 is 1.00 bits per heavy atom.